The highest BCUT2D eigenvalue weighted by molar-refractivity contribution is 5.98. The van der Waals surface area contributed by atoms with E-state index in [2.05, 4.69) is 28.5 Å². The lowest BCUT2D eigenvalue weighted by molar-refractivity contribution is 0.0995. The maximum atomic E-state index is 12.0. The largest absolute Gasteiger partial charge is 0.364 e. The lowest BCUT2D eigenvalue weighted by Crippen LogP contribution is -2.24. The fourth-order valence-corrected chi connectivity index (χ4v) is 4.95. The SMILES string of the molecule is NC(=O)c1ncc(-c2cccc3c2CCNC3)c2c1CC1=C2CCCC1. The van der Waals surface area contributed by atoms with Gasteiger partial charge in [-0.1, -0.05) is 23.8 Å². The predicted octanol–water partition coefficient (Wildman–Crippen LogP) is 3.38. The molecule has 3 aliphatic rings. The van der Waals surface area contributed by atoms with E-state index in [1.54, 1.807) is 0 Å². The van der Waals surface area contributed by atoms with Gasteiger partial charge >= 0.3 is 0 Å². The normalized spacial score (nSPS) is 18.3. The van der Waals surface area contributed by atoms with Crippen molar-refractivity contribution in [3.63, 3.8) is 0 Å². The molecule has 1 aliphatic heterocycles. The lowest BCUT2D eigenvalue weighted by atomic mass is 9.85. The van der Waals surface area contributed by atoms with Gasteiger partial charge < -0.3 is 11.1 Å². The first-order valence-electron chi connectivity index (χ1n) is 9.59. The molecule has 3 N–H and O–H groups in total. The number of nitrogens with two attached hydrogens (primary N) is 1. The summed E-state index contributed by atoms with van der Waals surface area (Å²) in [6, 6.07) is 6.56. The van der Waals surface area contributed by atoms with Gasteiger partial charge in [-0.15, -0.1) is 0 Å². The summed E-state index contributed by atoms with van der Waals surface area (Å²) in [5.41, 5.74) is 16.7. The van der Waals surface area contributed by atoms with E-state index >= 15 is 0 Å². The summed E-state index contributed by atoms with van der Waals surface area (Å²) in [6.07, 6.45) is 8.48. The van der Waals surface area contributed by atoms with Gasteiger partial charge in [0, 0.05) is 18.3 Å². The predicted molar refractivity (Wildman–Crippen MR) is 103 cm³/mol. The molecule has 1 aromatic carbocycles. The van der Waals surface area contributed by atoms with Crippen LogP contribution in [0.15, 0.2) is 30.0 Å². The summed E-state index contributed by atoms with van der Waals surface area (Å²) in [5, 5.41) is 3.46. The quantitative estimate of drug-likeness (QED) is 0.877. The van der Waals surface area contributed by atoms with Gasteiger partial charge in [0.25, 0.3) is 5.91 Å². The first-order valence-corrected chi connectivity index (χ1v) is 9.59. The van der Waals surface area contributed by atoms with Crippen LogP contribution in [0.1, 0.15) is 58.4 Å². The van der Waals surface area contributed by atoms with E-state index in [1.165, 1.54) is 51.8 Å². The minimum Gasteiger partial charge on any atom is -0.364 e. The first-order chi connectivity index (χ1) is 12.7. The van der Waals surface area contributed by atoms with Crippen LogP contribution in [0.3, 0.4) is 0 Å². The molecule has 26 heavy (non-hydrogen) atoms. The van der Waals surface area contributed by atoms with E-state index < -0.39 is 5.91 Å². The van der Waals surface area contributed by atoms with Gasteiger partial charge in [-0.25, -0.2) is 0 Å². The summed E-state index contributed by atoms with van der Waals surface area (Å²) in [7, 11) is 0. The third kappa shape index (κ3) is 2.32. The molecule has 0 bridgehead atoms. The van der Waals surface area contributed by atoms with Crippen LogP contribution in [0.5, 0.6) is 0 Å². The van der Waals surface area contributed by atoms with Crippen molar-refractivity contribution in [1.82, 2.24) is 10.3 Å². The Morgan fingerprint density at radius 1 is 1.08 bits per heavy atom. The fourth-order valence-electron chi connectivity index (χ4n) is 4.95. The number of hydrogen-bond acceptors (Lipinski definition) is 3. The summed E-state index contributed by atoms with van der Waals surface area (Å²) < 4.78 is 0. The number of allylic oxidation sites excluding steroid dienone is 2. The van der Waals surface area contributed by atoms with Crippen molar-refractivity contribution in [2.45, 2.75) is 45.1 Å². The molecule has 2 heterocycles. The number of primary amides is 1. The maximum absolute atomic E-state index is 12.0. The molecule has 0 spiro atoms. The van der Waals surface area contributed by atoms with E-state index in [-0.39, 0.29) is 0 Å². The smallest absolute Gasteiger partial charge is 0.267 e. The van der Waals surface area contributed by atoms with E-state index in [0.29, 0.717) is 5.69 Å². The van der Waals surface area contributed by atoms with Crippen LogP contribution in [-0.4, -0.2) is 17.4 Å². The van der Waals surface area contributed by atoms with Crippen LogP contribution in [-0.2, 0) is 19.4 Å². The van der Waals surface area contributed by atoms with Crippen LogP contribution in [0.25, 0.3) is 16.7 Å². The van der Waals surface area contributed by atoms with Gasteiger partial charge in [-0.05, 0) is 78.5 Å². The number of nitrogens with zero attached hydrogens (tertiary/aromatic N) is 1. The Morgan fingerprint density at radius 2 is 1.96 bits per heavy atom. The number of fused-ring (bicyclic) bond motifs is 3. The third-order valence-corrected chi connectivity index (χ3v) is 6.12. The highest BCUT2D eigenvalue weighted by Crippen LogP contribution is 2.47. The molecular formula is C22H23N3O. The molecule has 5 rings (SSSR count). The van der Waals surface area contributed by atoms with E-state index in [0.717, 1.165) is 44.3 Å². The second kappa shape index (κ2) is 6.06. The number of amides is 1. The summed E-state index contributed by atoms with van der Waals surface area (Å²) >= 11 is 0. The Bertz CT molecular complexity index is 958. The van der Waals surface area contributed by atoms with E-state index in [1.807, 2.05) is 6.20 Å². The zero-order chi connectivity index (χ0) is 17.7. The van der Waals surface area contributed by atoms with Gasteiger partial charge in [0.05, 0.1) is 0 Å². The van der Waals surface area contributed by atoms with Gasteiger partial charge in [0.15, 0.2) is 0 Å². The molecule has 0 saturated heterocycles. The van der Waals surface area contributed by atoms with Crippen molar-refractivity contribution in [1.29, 1.82) is 0 Å². The Balaban J connectivity index is 1.76. The number of rotatable bonds is 2. The highest BCUT2D eigenvalue weighted by Gasteiger charge is 2.31. The molecule has 4 nitrogen and oxygen atoms in total. The fraction of sp³-hybridized carbons (Fsp3) is 0.364. The summed E-state index contributed by atoms with van der Waals surface area (Å²) in [5.74, 6) is -0.410. The standard InChI is InChI=1S/C22H23N3O/c23-22(26)21-18-10-13-4-1-2-6-16(13)20(18)19(12-25-21)17-7-3-5-14-11-24-9-8-15(14)17/h3,5,7,12,24H,1-2,4,6,8-11H2,(H2,23,26). The first kappa shape index (κ1) is 15.8. The highest BCUT2D eigenvalue weighted by atomic mass is 16.1. The molecule has 0 fully saturated rings. The molecule has 0 radical (unpaired) electrons. The topological polar surface area (TPSA) is 68.0 Å². The summed E-state index contributed by atoms with van der Waals surface area (Å²) in [6.45, 7) is 1.93. The van der Waals surface area contributed by atoms with Crippen molar-refractivity contribution in [2.75, 3.05) is 6.54 Å². The number of pyridine rings is 1. The number of nitrogens with one attached hydrogen (secondary N) is 1. The minimum absolute atomic E-state index is 0.410. The Labute approximate surface area is 153 Å². The number of hydrogen-bond donors (Lipinski definition) is 2. The van der Waals surface area contributed by atoms with Crippen LogP contribution in [0.2, 0.25) is 0 Å². The van der Waals surface area contributed by atoms with Gasteiger partial charge in [0.2, 0.25) is 0 Å². The van der Waals surface area contributed by atoms with Crippen molar-refractivity contribution < 1.29 is 4.79 Å². The second-order valence-electron chi connectivity index (χ2n) is 7.57. The van der Waals surface area contributed by atoms with E-state index in [9.17, 15) is 4.79 Å². The second-order valence-corrected chi connectivity index (χ2v) is 7.57. The zero-order valence-corrected chi connectivity index (χ0v) is 14.9. The van der Waals surface area contributed by atoms with Crippen LogP contribution in [0.4, 0.5) is 0 Å². The molecule has 1 amide bonds. The van der Waals surface area contributed by atoms with Gasteiger partial charge in [0.1, 0.15) is 5.69 Å². The average Bonchev–Trinajstić information content (AvgIpc) is 3.06. The average molecular weight is 345 g/mol. The number of carbonyl (C=O) groups is 1. The van der Waals surface area contributed by atoms with E-state index in [4.69, 9.17) is 5.73 Å². The Morgan fingerprint density at radius 3 is 2.85 bits per heavy atom. The molecule has 2 aliphatic carbocycles. The molecule has 2 aromatic rings. The third-order valence-electron chi connectivity index (χ3n) is 6.12. The molecule has 132 valence electrons. The summed E-state index contributed by atoms with van der Waals surface area (Å²) in [4.78, 5) is 16.5. The maximum Gasteiger partial charge on any atom is 0.267 e. The van der Waals surface area contributed by atoms with Crippen molar-refractivity contribution in [2.24, 2.45) is 5.73 Å². The molecule has 1 aromatic heterocycles. The van der Waals surface area contributed by atoms with Crippen LogP contribution >= 0.6 is 0 Å². The van der Waals surface area contributed by atoms with Crippen molar-refractivity contribution in [3.05, 3.63) is 57.9 Å². The van der Waals surface area contributed by atoms with Crippen LogP contribution in [0, 0.1) is 0 Å². The molecule has 0 atom stereocenters. The minimum atomic E-state index is -0.410. The molecule has 0 saturated carbocycles. The van der Waals surface area contributed by atoms with Crippen molar-refractivity contribution in [3.8, 4) is 11.1 Å². The number of benzene rings is 1. The lowest BCUT2D eigenvalue weighted by Gasteiger charge is -2.23. The Kier molecular flexibility index (Phi) is 3.68. The monoisotopic (exact) mass is 345 g/mol. The van der Waals surface area contributed by atoms with Crippen LogP contribution < -0.4 is 11.1 Å². The number of carbonyl (C=O) groups excluding carboxylic acids is 1. The molecule has 0 unspecified atom stereocenters. The van der Waals surface area contributed by atoms with Gasteiger partial charge in [-0.2, -0.15) is 0 Å². The van der Waals surface area contributed by atoms with Gasteiger partial charge in [-0.3, -0.25) is 9.78 Å². The zero-order valence-electron chi connectivity index (χ0n) is 14.9. The number of aromatic nitrogens is 1. The molecule has 4 heteroatoms. The molecular weight excluding hydrogens is 322 g/mol. The Hall–Kier alpha value is -2.46. The van der Waals surface area contributed by atoms with Crippen molar-refractivity contribution >= 4 is 11.5 Å².